The number of hydrazine groups is 1. The Bertz CT molecular complexity index is 1060. The zero-order valence-electron chi connectivity index (χ0n) is 19.0. The third-order valence-electron chi connectivity index (χ3n) is 3.86. The van der Waals surface area contributed by atoms with E-state index in [2.05, 4.69) is 20.3 Å². The molecule has 0 unspecified atom stereocenters. The van der Waals surface area contributed by atoms with Gasteiger partial charge in [0.05, 0.1) is 11.4 Å². The van der Waals surface area contributed by atoms with Crippen molar-refractivity contribution in [2.24, 2.45) is 17.3 Å². The molecular weight excluding hydrogens is 435 g/mol. The second-order valence-corrected chi connectivity index (χ2v) is 6.51. The molecule has 0 saturated carbocycles. The number of nitrogens with two attached hydrogens (primary N) is 4. The highest BCUT2D eigenvalue weighted by Gasteiger charge is 2.15. The molecular formula is C21H30F3N9. The van der Waals surface area contributed by atoms with Crippen molar-refractivity contribution in [3.05, 3.63) is 54.1 Å². The third-order valence-corrected chi connectivity index (χ3v) is 3.86. The number of nitrogens with zero attached hydrogens (tertiary/aromatic N) is 4. The van der Waals surface area contributed by atoms with E-state index in [1.54, 1.807) is 19.4 Å². The van der Waals surface area contributed by atoms with Gasteiger partial charge in [0.2, 0.25) is 0 Å². The van der Waals surface area contributed by atoms with Crippen LogP contribution in [0.5, 0.6) is 0 Å². The molecule has 3 heterocycles. The second kappa shape index (κ2) is 12.4. The minimum atomic E-state index is -4.00. The fourth-order valence-corrected chi connectivity index (χ4v) is 2.56. The van der Waals surface area contributed by atoms with Gasteiger partial charge in [0.25, 0.3) is 0 Å². The van der Waals surface area contributed by atoms with Gasteiger partial charge in [-0.15, -0.1) is 0 Å². The Hall–Kier alpha value is -3.64. The number of fused-ring (bicyclic) bond motifs is 1. The Morgan fingerprint density at radius 1 is 1.15 bits per heavy atom. The number of aromatic nitrogens is 3. The molecule has 0 fully saturated rings. The van der Waals surface area contributed by atoms with Gasteiger partial charge in [-0.3, -0.25) is 0 Å². The summed E-state index contributed by atoms with van der Waals surface area (Å²) >= 11 is 0. The highest BCUT2D eigenvalue weighted by atomic mass is 19.4. The molecule has 12 heteroatoms. The third kappa shape index (κ3) is 8.79. The first-order chi connectivity index (χ1) is 15.5. The van der Waals surface area contributed by atoms with Crippen molar-refractivity contribution >= 4 is 33.9 Å². The Balaban J connectivity index is 0.000000689. The molecule has 0 amide bonds. The molecule has 180 valence electrons. The van der Waals surface area contributed by atoms with E-state index in [1.165, 1.54) is 11.2 Å². The quantitative estimate of drug-likeness (QED) is 0.281. The lowest BCUT2D eigenvalue weighted by Gasteiger charge is -2.16. The van der Waals surface area contributed by atoms with Gasteiger partial charge in [-0.25, -0.2) is 20.8 Å². The molecule has 3 rings (SSSR count). The molecule has 9 nitrogen and oxygen atoms in total. The smallest absolute Gasteiger partial charge is 0.386 e. The topological polar surface area (TPSA) is 158 Å². The van der Waals surface area contributed by atoms with Crippen LogP contribution in [0.4, 0.5) is 30.6 Å². The summed E-state index contributed by atoms with van der Waals surface area (Å²) in [6.07, 6.45) is 0.742. The predicted octanol–water partition coefficient (Wildman–Crippen LogP) is 3.47. The molecule has 0 aliphatic heterocycles. The van der Waals surface area contributed by atoms with E-state index in [0.717, 1.165) is 16.3 Å². The van der Waals surface area contributed by atoms with Crippen LogP contribution in [-0.2, 0) is 6.54 Å². The van der Waals surface area contributed by atoms with Crippen LogP contribution in [0.15, 0.2) is 42.9 Å². The van der Waals surface area contributed by atoms with Crippen LogP contribution in [0.3, 0.4) is 0 Å². The van der Waals surface area contributed by atoms with Crippen molar-refractivity contribution in [3.63, 3.8) is 0 Å². The Morgan fingerprint density at radius 2 is 1.76 bits per heavy atom. The molecule has 9 N–H and O–H groups in total. The number of nitrogen functional groups attached to an aromatic ring is 1. The summed E-state index contributed by atoms with van der Waals surface area (Å²) < 4.78 is 31.1. The summed E-state index contributed by atoms with van der Waals surface area (Å²) in [6, 6.07) is 7.45. The Labute approximate surface area is 190 Å². The van der Waals surface area contributed by atoms with Gasteiger partial charge < -0.3 is 27.5 Å². The maximum Gasteiger partial charge on any atom is 0.386 e. The Morgan fingerprint density at radius 3 is 2.30 bits per heavy atom. The lowest BCUT2D eigenvalue weighted by molar-refractivity contribution is -0.110. The van der Waals surface area contributed by atoms with Crippen molar-refractivity contribution in [2.45, 2.75) is 33.5 Å². The average molecular weight is 466 g/mol. The van der Waals surface area contributed by atoms with Crippen molar-refractivity contribution in [2.75, 3.05) is 18.1 Å². The molecule has 3 aromatic heterocycles. The summed E-state index contributed by atoms with van der Waals surface area (Å²) in [5.74, 6) is 7.42. The van der Waals surface area contributed by atoms with E-state index in [9.17, 15) is 13.2 Å². The summed E-state index contributed by atoms with van der Waals surface area (Å²) in [6.45, 7) is 4.63. The Kier molecular flexibility index (Phi) is 10.3. The molecule has 0 bridgehead atoms. The van der Waals surface area contributed by atoms with E-state index in [1.807, 2.05) is 38.1 Å². The highest BCUT2D eigenvalue weighted by Crippen LogP contribution is 2.26. The zero-order valence-corrected chi connectivity index (χ0v) is 19.0. The number of hydrogen-bond donors (Lipinski definition) is 5. The van der Waals surface area contributed by atoms with Crippen LogP contribution < -0.4 is 28.4 Å². The number of rotatable bonds is 5. The second-order valence-electron chi connectivity index (χ2n) is 6.51. The van der Waals surface area contributed by atoms with Crippen molar-refractivity contribution in [1.29, 1.82) is 0 Å². The predicted molar refractivity (Wildman–Crippen MR) is 127 cm³/mol. The molecule has 0 aromatic carbocycles. The van der Waals surface area contributed by atoms with Gasteiger partial charge in [0.1, 0.15) is 17.5 Å². The van der Waals surface area contributed by atoms with Crippen LogP contribution in [0.25, 0.3) is 16.5 Å². The fraction of sp³-hybridized carbons (Fsp3) is 0.286. The average Bonchev–Trinajstić information content (AvgIpc) is 2.74. The standard InChI is InChI=1S/C17H21N9.C2H3F3.C2H6/c1-26(21)14(8-19)13-5-11-6-16(23-9-12(11)17(20)24-13)25-15-4-10(7-18)2-3-22-15;1-2(3,4)5;1-2/h2-6,8-9H,7,18-19,21H2,1H3,(H2,20,24)(H,22,23,25);1H3;1-2H3/b14-8-;;. The van der Waals surface area contributed by atoms with E-state index >= 15 is 0 Å². The van der Waals surface area contributed by atoms with E-state index in [4.69, 9.17) is 23.0 Å². The van der Waals surface area contributed by atoms with Crippen LogP contribution in [-0.4, -0.2) is 33.2 Å². The molecule has 33 heavy (non-hydrogen) atoms. The molecule has 0 aliphatic rings. The van der Waals surface area contributed by atoms with E-state index in [0.29, 0.717) is 35.4 Å². The number of nitrogens with one attached hydrogen (secondary N) is 1. The summed E-state index contributed by atoms with van der Waals surface area (Å²) in [7, 11) is 1.68. The monoisotopic (exact) mass is 465 g/mol. The lowest BCUT2D eigenvalue weighted by atomic mass is 10.1. The van der Waals surface area contributed by atoms with Gasteiger partial charge in [-0.2, -0.15) is 13.2 Å². The maximum absolute atomic E-state index is 10.4. The first-order valence-corrected chi connectivity index (χ1v) is 9.97. The van der Waals surface area contributed by atoms with Crippen molar-refractivity contribution in [3.8, 4) is 0 Å². The van der Waals surface area contributed by atoms with Crippen molar-refractivity contribution in [1.82, 2.24) is 20.0 Å². The van der Waals surface area contributed by atoms with Crippen LogP contribution >= 0.6 is 0 Å². The molecule has 0 aliphatic carbocycles. The summed E-state index contributed by atoms with van der Waals surface area (Å²) in [4.78, 5) is 13.0. The number of halogens is 3. The molecule has 0 spiro atoms. The maximum atomic E-state index is 10.4. The number of pyridine rings is 3. The normalized spacial score (nSPS) is 11.1. The largest absolute Gasteiger partial charge is 0.403 e. The SMILES string of the molecule is CC.CC(F)(F)F.CN(N)/C(=C\N)c1cc2cc(Nc3cc(CN)ccn3)ncc2c(N)n1. The molecule has 3 aromatic rings. The zero-order chi connectivity index (χ0) is 25.2. The van der Waals surface area contributed by atoms with E-state index in [-0.39, 0.29) is 6.92 Å². The van der Waals surface area contributed by atoms with Gasteiger partial charge in [0.15, 0.2) is 0 Å². The van der Waals surface area contributed by atoms with Crippen LogP contribution in [0.2, 0.25) is 0 Å². The number of anilines is 3. The first kappa shape index (κ1) is 27.4. The minimum Gasteiger partial charge on any atom is -0.403 e. The lowest BCUT2D eigenvalue weighted by Crippen LogP contribution is -2.25. The van der Waals surface area contributed by atoms with Gasteiger partial charge >= 0.3 is 6.18 Å². The summed E-state index contributed by atoms with van der Waals surface area (Å²) in [5.41, 5.74) is 19.5. The number of alkyl halides is 3. The molecule has 0 saturated heterocycles. The first-order valence-electron chi connectivity index (χ1n) is 9.97. The molecule has 0 atom stereocenters. The van der Waals surface area contributed by atoms with Gasteiger partial charge in [-0.05, 0) is 35.2 Å². The van der Waals surface area contributed by atoms with Crippen LogP contribution in [0.1, 0.15) is 32.0 Å². The van der Waals surface area contributed by atoms with E-state index < -0.39 is 6.18 Å². The molecule has 0 radical (unpaired) electrons. The van der Waals surface area contributed by atoms with Gasteiger partial charge in [-0.1, -0.05) is 13.8 Å². The fourth-order valence-electron chi connectivity index (χ4n) is 2.56. The number of hydrogen-bond acceptors (Lipinski definition) is 9. The summed E-state index contributed by atoms with van der Waals surface area (Å²) in [5, 5.41) is 6.13. The van der Waals surface area contributed by atoms with Crippen molar-refractivity contribution < 1.29 is 13.2 Å². The minimum absolute atomic E-state index is 0.188. The van der Waals surface area contributed by atoms with Crippen LogP contribution in [0, 0.1) is 0 Å². The highest BCUT2D eigenvalue weighted by molar-refractivity contribution is 5.93. The van der Waals surface area contributed by atoms with Gasteiger partial charge in [0, 0.05) is 44.5 Å².